The number of hydrogen-bond acceptors (Lipinski definition) is 5. The molecule has 0 N–H and O–H groups in total. The van der Waals surface area contributed by atoms with Crippen LogP contribution < -0.4 is 4.74 Å². The highest BCUT2D eigenvalue weighted by atomic mass is 16.5. The van der Waals surface area contributed by atoms with Gasteiger partial charge in [0.2, 0.25) is 0 Å². The molecule has 0 aliphatic carbocycles. The number of aromatic nitrogens is 1. The molecule has 0 saturated heterocycles. The minimum atomic E-state index is -0.544. The molecule has 2 aromatic heterocycles. The Morgan fingerprint density at radius 3 is 2.42 bits per heavy atom. The zero-order valence-corrected chi connectivity index (χ0v) is 19.3. The van der Waals surface area contributed by atoms with E-state index in [4.69, 9.17) is 13.9 Å². The van der Waals surface area contributed by atoms with Crippen molar-refractivity contribution >= 4 is 18.0 Å². The molecule has 170 valence electrons. The summed E-state index contributed by atoms with van der Waals surface area (Å²) >= 11 is 0. The topological polar surface area (TPSA) is 73.9 Å². The average Bonchev–Trinajstić information content (AvgIpc) is 3.49. The molecule has 7 heteroatoms. The lowest BCUT2D eigenvalue weighted by Crippen LogP contribution is -2.24. The number of carbonyl (C=O) groups excluding carboxylic acids is 2. The third kappa shape index (κ3) is 3.98. The van der Waals surface area contributed by atoms with Gasteiger partial charge in [-0.15, -0.1) is 0 Å². The lowest BCUT2D eigenvalue weighted by atomic mass is 10.0. The van der Waals surface area contributed by atoms with Crippen molar-refractivity contribution in [3.63, 3.8) is 0 Å². The monoisotopic (exact) mass is 446 g/mol. The van der Waals surface area contributed by atoms with E-state index in [-0.39, 0.29) is 18.0 Å². The third-order valence-electron chi connectivity index (χ3n) is 5.90. The van der Waals surface area contributed by atoms with Crippen LogP contribution in [0.2, 0.25) is 0 Å². The maximum Gasteiger partial charge on any atom is 0.340 e. The van der Waals surface area contributed by atoms with Gasteiger partial charge in [0.25, 0.3) is 5.91 Å². The van der Waals surface area contributed by atoms with Crippen LogP contribution in [0.5, 0.6) is 5.75 Å². The second-order valence-electron chi connectivity index (χ2n) is 7.84. The largest absolute Gasteiger partial charge is 0.497 e. The Kier molecular flexibility index (Phi) is 5.96. The molecule has 4 rings (SSSR count). The predicted molar refractivity (Wildman–Crippen MR) is 124 cm³/mol. The molecule has 3 heterocycles. The second-order valence-corrected chi connectivity index (χ2v) is 7.84. The number of allylic oxidation sites excluding steroid dienone is 1. The van der Waals surface area contributed by atoms with E-state index >= 15 is 0 Å². The average molecular weight is 447 g/mol. The van der Waals surface area contributed by atoms with Crippen LogP contribution in [0.25, 0.3) is 11.8 Å². The molecule has 0 atom stereocenters. The summed E-state index contributed by atoms with van der Waals surface area (Å²) < 4.78 is 17.8. The van der Waals surface area contributed by atoms with Crippen LogP contribution in [0.15, 0.2) is 70.0 Å². The first-order valence-corrected chi connectivity index (χ1v) is 10.5. The number of nitrogens with zero attached hydrogens (tertiary/aromatic N) is 2. The Labute approximate surface area is 192 Å². The molecule has 1 aliphatic rings. The van der Waals surface area contributed by atoms with Crippen molar-refractivity contribution in [1.29, 1.82) is 0 Å². The molecule has 7 nitrogen and oxygen atoms in total. The van der Waals surface area contributed by atoms with Gasteiger partial charge in [-0.05, 0) is 74.9 Å². The standard InChI is InChI=1S/C26H26N2O5/c1-16-13-19(17(2)28(16)20-8-10-21(31-4)11-9-20)14-23-24(26(30)32-5)18(3)27(25(23)29)15-22-7-6-12-33-22/h6-14H,15H2,1-5H3/b23-14-. The van der Waals surface area contributed by atoms with E-state index in [0.29, 0.717) is 17.0 Å². The molecule has 0 radical (unpaired) electrons. The third-order valence-corrected chi connectivity index (χ3v) is 5.90. The van der Waals surface area contributed by atoms with Crippen molar-refractivity contribution in [2.24, 2.45) is 0 Å². The lowest BCUT2D eigenvalue weighted by molar-refractivity contribution is -0.136. The van der Waals surface area contributed by atoms with Crippen LogP contribution in [0.1, 0.15) is 29.6 Å². The second kappa shape index (κ2) is 8.86. The summed E-state index contributed by atoms with van der Waals surface area (Å²) in [5.74, 6) is 0.600. The molecule has 1 aromatic carbocycles. The van der Waals surface area contributed by atoms with Crippen LogP contribution in [0.4, 0.5) is 0 Å². The quantitative estimate of drug-likeness (QED) is 0.410. The number of ether oxygens (including phenoxy) is 2. The van der Waals surface area contributed by atoms with E-state index in [0.717, 1.165) is 28.4 Å². The molecule has 33 heavy (non-hydrogen) atoms. The normalized spacial score (nSPS) is 15.0. The first kappa shape index (κ1) is 22.2. The van der Waals surface area contributed by atoms with E-state index in [9.17, 15) is 9.59 Å². The van der Waals surface area contributed by atoms with E-state index < -0.39 is 5.97 Å². The highest BCUT2D eigenvalue weighted by molar-refractivity contribution is 6.16. The molecule has 0 bridgehead atoms. The highest BCUT2D eigenvalue weighted by Crippen LogP contribution is 2.34. The fourth-order valence-electron chi connectivity index (χ4n) is 4.19. The van der Waals surface area contributed by atoms with Crippen LogP contribution in [0.3, 0.4) is 0 Å². The van der Waals surface area contributed by atoms with Crippen molar-refractivity contribution in [2.45, 2.75) is 27.3 Å². The number of aryl methyl sites for hydroxylation is 1. The zero-order valence-electron chi connectivity index (χ0n) is 19.3. The van der Waals surface area contributed by atoms with E-state index in [2.05, 4.69) is 4.57 Å². The summed E-state index contributed by atoms with van der Waals surface area (Å²) in [7, 11) is 2.95. The van der Waals surface area contributed by atoms with Gasteiger partial charge < -0.3 is 23.4 Å². The molecule has 3 aromatic rings. The van der Waals surface area contributed by atoms with Crippen LogP contribution in [-0.4, -0.2) is 35.6 Å². The Morgan fingerprint density at radius 1 is 1.09 bits per heavy atom. The summed E-state index contributed by atoms with van der Waals surface area (Å²) in [5.41, 5.74) is 4.89. The van der Waals surface area contributed by atoms with Gasteiger partial charge in [0.05, 0.1) is 38.2 Å². The van der Waals surface area contributed by atoms with Gasteiger partial charge in [0, 0.05) is 22.8 Å². The summed E-state index contributed by atoms with van der Waals surface area (Å²) in [6.07, 6.45) is 3.32. The molecule has 0 unspecified atom stereocenters. The Balaban J connectivity index is 1.77. The van der Waals surface area contributed by atoms with Gasteiger partial charge >= 0.3 is 5.97 Å². The SMILES string of the molecule is COC(=O)C1=C(C)N(Cc2ccco2)C(=O)/C1=C\c1cc(C)n(-c2ccc(OC)cc2)c1C. The number of esters is 1. The fourth-order valence-corrected chi connectivity index (χ4v) is 4.19. The Hall–Kier alpha value is -4.00. The van der Waals surface area contributed by atoms with Gasteiger partial charge in [-0.3, -0.25) is 4.79 Å². The number of methoxy groups -OCH3 is 2. The Morgan fingerprint density at radius 2 is 1.82 bits per heavy atom. The van der Waals surface area contributed by atoms with Crippen molar-refractivity contribution in [1.82, 2.24) is 9.47 Å². The van der Waals surface area contributed by atoms with Crippen molar-refractivity contribution in [3.8, 4) is 11.4 Å². The maximum atomic E-state index is 13.4. The van der Waals surface area contributed by atoms with Gasteiger partial charge in [0.1, 0.15) is 11.5 Å². The lowest BCUT2D eigenvalue weighted by Gasteiger charge is -2.16. The smallest absolute Gasteiger partial charge is 0.340 e. The minimum absolute atomic E-state index is 0.236. The zero-order chi connectivity index (χ0) is 23.7. The summed E-state index contributed by atoms with van der Waals surface area (Å²) in [6, 6.07) is 13.3. The summed E-state index contributed by atoms with van der Waals surface area (Å²) in [4.78, 5) is 27.5. The maximum absolute atomic E-state index is 13.4. The Bertz CT molecular complexity index is 1260. The van der Waals surface area contributed by atoms with E-state index in [1.165, 1.54) is 7.11 Å². The first-order chi connectivity index (χ1) is 15.8. The number of amides is 1. The first-order valence-electron chi connectivity index (χ1n) is 10.5. The molecule has 1 aliphatic heterocycles. The fraction of sp³-hybridized carbons (Fsp3) is 0.231. The molecule has 0 saturated carbocycles. The van der Waals surface area contributed by atoms with Gasteiger partial charge in [-0.25, -0.2) is 4.79 Å². The number of carbonyl (C=O) groups is 2. The molecular weight excluding hydrogens is 420 g/mol. The van der Waals surface area contributed by atoms with Gasteiger partial charge in [0.15, 0.2) is 0 Å². The number of benzene rings is 1. The number of furan rings is 1. The minimum Gasteiger partial charge on any atom is -0.497 e. The van der Waals surface area contributed by atoms with Crippen molar-refractivity contribution in [2.75, 3.05) is 14.2 Å². The summed E-state index contributed by atoms with van der Waals surface area (Å²) in [6.45, 7) is 5.97. The summed E-state index contributed by atoms with van der Waals surface area (Å²) in [5, 5.41) is 0. The van der Waals surface area contributed by atoms with Crippen LogP contribution in [-0.2, 0) is 20.9 Å². The number of rotatable bonds is 6. The molecular formula is C26H26N2O5. The van der Waals surface area contributed by atoms with Gasteiger partial charge in [-0.2, -0.15) is 0 Å². The van der Waals surface area contributed by atoms with Crippen molar-refractivity contribution in [3.05, 3.63) is 88.3 Å². The molecule has 0 spiro atoms. The van der Waals surface area contributed by atoms with Crippen LogP contribution in [0, 0.1) is 13.8 Å². The van der Waals surface area contributed by atoms with E-state index in [1.54, 1.807) is 43.4 Å². The number of hydrogen-bond donors (Lipinski definition) is 0. The molecule has 1 amide bonds. The van der Waals surface area contributed by atoms with Crippen LogP contribution >= 0.6 is 0 Å². The van der Waals surface area contributed by atoms with E-state index in [1.807, 2.05) is 44.2 Å². The molecule has 0 fully saturated rings. The van der Waals surface area contributed by atoms with Crippen molar-refractivity contribution < 1.29 is 23.5 Å². The highest BCUT2D eigenvalue weighted by Gasteiger charge is 2.37. The van der Waals surface area contributed by atoms with Gasteiger partial charge in [-0.1, -0.05) is 0 Å². The predicted octanol–water partition coefficient (Wildman–Crippen LogP) is 4.57.